The van der Waals surface area contributed by atoms with Crippen LogP contribution >= 0.6 is 15.9 Å². The lowest BCUT2D eigenvalue weighted by atomic mass is 9.99. The van der Waals surface area contributed by atoms with Crippen molar-refractivity contribution in [2.24, 2.45) is 0 Å². The molecule has 1 heterocycles. The number of alkyl halides is 1. The Kier molecular flexibility index (Phi) is 7.61. The second-order valence-corrected chi connectivity index (χ2v) is 5.95. The summed E-state index contributed by atoms with van der Waals surface area (Å²) in [5.74, 6) is -2.52. The average molecular weight is 411 g/mol. The minimum atomic E-state index is -1.13. The smallest absolute Gasteiger partial charge is 0.303 e. The van der Waals surface area contributed by atoms with Crippen LogP contribution in [0.4, 0.5) is 0 Å². The summed E-state index contributed by atoms with van der Waals surface area (Å²) >= 11 is 3.18. The third kappa shape index (κ3) is 6.08. The summed E-state index contributed by atoms with van der Waals surface area (Å²) in [5.41, 5.74) is 0. The highest BCUT2D eigenvalue weighted by Gasteiger charge is 2.51. The lowest BCUT2D eigenvalue weighted by molar-refractivity contribution is -0.236. The highest BCUT2D eigenvalue weighted by Crippen LogP contribution is 2.31. The van der Waals surface area contributed by atoms with Gasteiger partial charge in [-0.05, 0) is 0 Å². The van der Waals surface area contributed by atoms with Gasteiger partial charge in [-0.25, -0.2) is 0 Å². The van der Waals surface area contributed by atoms with E-state index in [0.717, 1.165) is 13.8 Å². The van der Waals surface area contributed by atoms with Crippen LogP contribution in [-0.4, -0.2) is 59.9 Å². The number of hydrogen-bond donors (Lipinski definition) is 0. The molecule has 0 radical (unpaired) electrons. The quantitative estimate of drug-likeness (QED) is 0.362. The minimum absolute atomic E-state index is 0.236. The van der Waals surface area contributed by atoms with Gasteiger partial charge < -0.3 is 23.7 Å². The summed E-state index contributed by atoms with van der Waals surface area (Å²) in [6.07, 6.45) is -4.22. The van der Waals surface area contributed by atoms with E-state index in [2.05, 4.69) is 15.9 Å². The zero-order valence-corrected chi connectivity index (χ0v) is 15.2. The minimum Gasteiger partial charge on any atom is -0.463 e. The van der Waals surface area contributed by atoms with E-state index in [4.69, 9.17) is 23.7 Å². The van der Waals surface area contributed by atoms with Crippen LogP contribution in [0.25, 0.3) is 0 Å². The highest BCUT2D eigenvalue weighted by atomic mass is 79.9. The fourth-order valence-electron chi connectivity index (χ4n) is 2.18. The monoisotopic (exact) mass is 410 g/mol. The standard InChI is InChI=1S/C14H19BrO9/c1-6(16)20-5-10-11(21-7(2)17)12(22-8(3)18)13(14(15)24-10)23-9(4)19/h10-14H,5H2,1-4H3/t10-,11-,12+,13+,14?/m1/s1. The van der Waals surface area contributed by atoms with E-state index in [1.54, 1.807) is 0 Å². The van der Waals surface area contributed by atoms with Gasteiger partial charge in [-0.1, -0.05) is 15.9 Å². The number of hydrogen-bond acceptors (Lipinski definition) is 9. The van der Waals surface area contributed by atoms with Crippen LogP contribution < -0.4 is 0 Å². The molecule has 1 fully saturated rings. The second kappa shape index (κ2) is 8.97. The molecular weight excluding hydrogens is 392 g/mol. The van der Waals surface area contributed by atoms with Crippen molar-refractivity contribution in [1.29, 1.82) is 0 Å². The molecule has 24 heavy (non-hydrogen) atoms. The normalized spacial score (nSPS) is 29.3. The average Bonchev–Trinajstić information content (AvgIpc) is 2.42. The number of carbonyl (C=O) groups is 4. The maximum Gasteiger partial charge on any atom is 0.303 e. The van der Waals surface area contributed by atoms with Crippen LogP contribution in [0.5, 0.6) is 0 Å². The SMILES string of the molecule is CC(=O)OC[C@H]1OC(Br)[C@@H](OC(C)=O)[C@@H](OC(C)=O)[C@@H]1OC(C)=O. The molecule has 10 heteroatoms. The molecule has 9 nitrogen and oxygen atoms in total. The van der Waals surface area contributed by atoms with E-state index in [0.29, 0.717) is 0 Å². The van der Waals surface area contributed by atoms with Crippen molar-refractivity contribution in [2.45, 2.75) is 57.1 Å². The Hall–Kier alpha value is -1.68. The van der Waals surface area contributed by atoms with Crippen LogP contribution in [0.1, 0.15) is 27.7 Å². The molecule has 0 aromatic heterocycles. The Morgan fingerprint density at radius 1 is 0.792 bits per heavy atom. The zero-order chi connectivity index (χ0) is 18.4. The van der Waals surface area contributed by atoms with E-state index >= 15 is 0 Å². The summed E-state index contributed by atoms with van der Waals surface area (Å²) in [6, 6.07) is 0. The third-order valence-corrected chi connectivity index (χ3v) is 3.67. The molecular formula is C14H19BrO9. The molecule has 1 rings (SSSR count). The third-order valence-electron chi connectivity index (χ3n) is 2.93. The van der Waals surface area contributed by atoms with Gasteiger partial charge in [-0.2, -0.15) is 0 Å². The summed E-state index contributed by atoms with van der Waals surface area (Å²) in [5, 5.41) is -0.863. The summed E-state index contributed by atoms with van der Waals surface area (Å²) in [6.45, 7) is 4.47. The van der Waals surface area contributed by atoms with Crippen molar-refractivity contribution in [2.75, 3.05) is 6.61 Å². The Balaban J connectivity index is 3.11. The van der Waals surface area contributed by atoms with Gasteiger partial charge in [0, 0.05) is 27.7 Å². The Morgan fingerprint density at radius 3 is 1.71 bits per heavy atom. The van der Waals surface area contributed by atoms with E-state index in [9.17, 15) is 19.2 Å². The maximum absolute atomic E-state index is 11.4. The van der Waals surface area contributed by atoms with Crippen molar-refractivity contribution >= 4 is 39.8 Å². The first kappa shape index (κ1) is 20.4. The van der Waals surface area contributed by atoms with Crippen LogP contribution in [0.2, 0.25) is 0 Å². The molecule has 0 spiro atoms. The lowest BCUT2D eigenvalue weighted by Crippen LogP contribution is -2.60. The number of halogens is 1. The molecule has 0 aromatic carbocycles. The van der Waals surface area contributed by atoms with Gasteiger partial charge in [-0.3, -0.25) is 19.2 Å². The summed E-state index contributed by atoms with van der Waals surface area (Å²) in [7, 11) is 0. The van der Waals surface area contributed by atoms with E-state index in [-0.39, 0.29) is 6.61 Å². The van der Waals surface area contributed by atoms with Gasteiger partial charge in [-0.15, -0.1) is 0 Å². The zero-order valence-electron chi connectivity index (χ0n) is 13.6. The highest BCUT2D eigenvalue weighted by molar-refractivity contribution is 9.09. The van der Waals surface area contributed by atoms with Gasteiger partial charge in [0.05, 0.1) is 0 Å². The van der Waals surface area contributed by atoms with Gasteiger partial charge in [0.15, 0.2) is 23.3 Å². The Bertz CT molecular complexity index is 506. The van der Waals surface area contributed by atoms with Crippen molar-refractivity contribution in [1.82, 2.24) is 0 Å². The molecule has 0 bridgehead atoms. The molecule has 1 saturated heterocycles. The fourth-order valence-corrected chi connectivity index (χ4v) is 2.86. The van der Waals surface area contributed by atoms with E-state index in [1.165, 1.54) is 13.8 Å². The fraction of sp³-hybridized carbons (Fsp3) is 0.714. The predicted octanol–water partition coefficient (Wildman–Crippen LogP) is 0.464. The molecule has 1 aliphatic heterocycles. The summed E-state index contributed by atoms with van der Waals surface area (Å²) in [4.78, 5) is 45.1. The van der Waals surface area contributed by atoms with Crippen molar-refractivity contribution in [3.63, 3.8) is 0 Å². The topological polar surface area (TPSA) is 114 Å². The lowest BCUT2D eigenvalue weighted by Gasteiger charge is -2.42. The van der Waals surface area contributed by atoms with Crippen LogP contribution in [0.15, 0.2) is 0 Å². The Morgan fingerprint density at radius 2 is 1.25 bits per heavy atom. The van der Waals surface area contributed by atoms with Gasteiger partial charge in [0.2, 0.25) is 0 Å². The van der Waals surface area contributed by atoms with E-state index in [1.807, 2.05) is 0 Å². The largest absolute Gasteiger partial charge is 0.463 e. The molecule has 0 N–H and O–H groups in total. The van der Waals surface area contributed by atoms with Crippen LogP contribution in [0, 0.1) is 0 Å². The van der Waals surface area contributed by atoms with E-state index < -0.39 is 53.3 Å². The Labute approximate surface area is 147 Å². The number of ether oxygens (including phenoxy) is 5. The van der Waals surface area contributed by atoms with Crippen molar-refractivity contribution in [3.05, 3.63) is 0 Å². The van der Waals surface area contributed by atoms with Crippen molar-refractivity contribution in [3.8, 4) is 0 Å². The maximum atomic E-state index is 11.4. The van der Waals surface area contributed by atoms with Gasteiger partial charge in [0.1, 0.15) is 12.7 Å². The molecule has 1 aliphatic rings. The van der Waals surface area contributed by atoms with Crippen LogP contribution in [-0.2, 0) is 42.9 Å². The summed E-state index contributed by atoms with van der Waals surface area (Å²) < 4.78 is 25.9. The number of carbonyl (C=O) groups excluding carboxylic acids is 4. The van der Waals surface area contributed by atoms with Gasteiger partial charge in [0.25, 0.3) is 0 Å². The first-order valence-electron chi connectivity index (χ1n) is 7.06. The van der Waals surface area contributed by atoms with Crippen LogP contribution in [0.3, 0.4) is 0 Å². The molecule has 5 atom stereocenters. The predicted molar refractivity (Wildman–Crippen MR) is 80.9 cm³/mol. The molecule has 0 saturated carbocycles. The molecule has 0 aromatic rings. The second-order valence-electron chi connectivity index (χ2n) is 5.05. The first-order chi connectivity index (χ1) is 11.1. The molecule has 1 unspecified atom stereocenters. The molecule has 0 aliphatic carbocycles. The van der Waals surface area contributed by atoms with Crippen molar-refractivity contribution < 1.29 is 42.9 Å². The number of rotatable bonds is 5. The first-order valence-corrected chi connectivity index (χ1v) is 7.98. The number of esters is 4. The molecule has 136 valence electrons. The van der Waals surface area contributed by atoms with Gasteiger partial charge >= 0.3 is 23.9 Å². The molecule has 0 amide bonds.